The van der Waals surface area contributed by atoms with E-state index in [1.165, 1.54) is 5.56 Å². The number of rotatable bonds is 2. The average molecular weight is 342 g/mol. The van der Waals surface area contributed by atoms with Crippen molar-refractivity contribution >= 4 is 11.9 Å². The second kappa shape index (κ2) is 6.32. The van der Waals surface area contributed by atoms with Gasteiger partial charge in [0, 0.05) is 13.8 Å². The smallest absolute Gasteiger partial charge is 0.330 e. The molecule has 1 spiro atoms. The van der Waals surface area contributed by atoms with Gasteiger partial charge in [-0.2, -0.15) is 0 Å². The van der Waals surface area contributed by atoms with Gasteiger partial charge in [-0.15, -0.1) is 0 Å². The molecule has 1 aliphatic carbocycles. The van der Waals surface area contributed by atoms with Crippen molar-refractivity contribution in [3.8, 4) is 0 Å². The molecule has 2 atom stereocenters. The summed E-state index contributed by atoms with van der Waals surface area (Å²) in [5.41, 5.74) is -0.0886. The molecule has 3 rings (SSSR count). The summed E-state index contributed by atoms with van der Waals surface area (Å²) in [6, 6.07) is 10.3. The van der Waals surface area contributed by atoms with E-state index in [0.717, 1.165) is 6.42 Å². The lowest BCUT2D eigenvalue weighted by Gasteiger charge is -2.41. The zero-order valence-corrected chi connectivity index (χ0v) is 15.3. The van der Waals surface area contributed by atoms with E-state index in [1.54, 1.807) is 19.9 Å². The molecule has 1 aliphatic heterocycles. The normalized spacial score (nSPS) is 27.7. The summed E-state index contributed by atoms with van der Waals surface area (Å²) in [5.74, 6) is -1.46. The third kappa shape index (κ3) is 3.22. The summed E-state index contributed by atoms with van der Waals surface area (Å²) in [7, 11) is 0. The van der Waals surface area contributed by atoms with Crippen LogP contribution in [0.2, 0.25) is 0 Å². The van der Waals surface area contributed by atoms with Crippen molar-refractivity contribution in [2.24, 2.45) is 17.3 Å². The Morgan fingerprint density at radius 3 is 2.20 bits per heavy atom. The van der Waals surface area contributed by atoms with E-state index in [2.05, 4.69) is 26.0 Å². The fraction of sp³-hybridized carbons (Fsp3) is 0.524. The van der Waals surface area contributed by atoms with Crippen LogP contribution in [0.25, 0.3) is 0 Å². The number of allylic oxidation sites excluding steroid dienone is 1. The molecular formula is C21H26O4. The quantitative estimate of drug-likeness (QED) is 0.459. The van der Waals surface area contributed by atoms with Crippen molar-refractivity contribution in [3.63, 3.8) is 0 Å². The largest absolute Gasteiger partial charge is 0.422 e. The van der Waals surface area contributed by atoms with Crippen molar-refractivity contribution in [3.05, 3.63) is 48.0 Å². The maximum atomic E-state index is 12.8. The van der Waals surface area contributed by atoms with Gasteiger partial charge in [0.15, 0.2) is 5.41 Å². The predicted molar refractivity (Wildman–Crippen MR) is 94.6 cm³/mol. The summed E-state index contributed by atoms with van der Waals surface area (Å²) in [6.07, 6.45) is 4.86. The summed E-state index contributed by atoms with van der Waals surface area (Å²) in [5, 5.41) is 0. The monoisotopic (exact) mass is 342 g/mol. The number of cyclic esters (lactones) is 2. The highest BCUT2D eigenvalue weighted by Crippen LogP contribution is 2.47. The molecule has 4 nitrogen and oxygen atoms in total. The van der Waals surface area contributed by atoms with Crippen LogP contribution in [-0.4, -0.2) is 17.7 Å². The summed E-state index contributed by atoms with van der Waals surface area (Å²) in [4.78, 5) is 25.6. The lowest BCUT2D eigenvalue weighted by molar-refractivity contribution is -0.248. The maximum Gasteiger partial charge on any atom is 0.330 e. The molecule has 25 heavy (non-hydrogen) atoms. The minimum atomic E-state index is -1.33. The number of carbonyl (C=O) groups excluding carboxylic acids is 2. The van der Waals surface area contributed by atoms with E-state index in [9.17, 15) is 9.59 Å². The number of ether oxygens (including phenoxy) is 2. The van der Waals surface area contributed by atoms with Crippen LogP contribution in [0.15, 0.2) is 42.5 Å². The molecule has 1 fully saturated rings. The third-order valence-corrected chi connectivity index (χ3v) is 5.36. The number of carbonyl (C=O) groups is 2. The van der Waals surface area contributed by atoms with Crippen molar-refractivity contribution in [2.45, 2.75) is 52.2 Å². The highest BCUT2D eigenvalue weighted by molar-refractivity contribution is 6.04. The minimum absolute atomic E-state index is 0.165. The van der Waals surface area contributed by atoms with E-state index in [4.69, 9.17) is 9.47 Å². The van der Waals surface area contributed by atoms with Gasteiger partial charge in [0.25, 0.3) is 5.79 Å². The van der Waals surface area contributed by atoms with Crippen LogP contribution in [-0.2, 0) is 19.1 Å². The molecule has 1 heterocycles. The van der Waals surface area contributed by atoms with Gasteiger partial charge in [0.05, 0.1) is 0 Å². The first-order valence-corrected chi connectivity index (χ1v) is 8.95. The van der Waals surface area contributed by atoms with Crippen LogP contribution in [0, 0.1) is 17.3 Å². The molecule has 0 aromatic heterocycles. The van der Waals surface area contributed by atoms with Gasteiger partial charge in [0.1, 0.15) is 0 Å². The van der Waals surface area contributed by atoms with E-state index in [1.807, 2.05) is 24.3 Å². The lowest BCUT2D eigenvalue weighted by Crippen LogP contribution is -2.53. The molecule has 134 valence electrons. The molecule has 1 aromatic carbocycles. The molecule has 2 aliphatic rings. The van der Waals surface area contributed by atoms with E-state index in [0.29, 0.717) is 12.3 Å². The Hall–Kier alpha value is -2.10. The summed E-state index contributed by atoms with van der Waals surface area (Å²) in [6.45, 7) is 7.46. The highest BCUT2D eigenvalue weighted by atomic mass is 16.7. The minimum Gasteiger partial charge on any atom is -0.422 e. The van der Waals surface area contributed by atoms with Crippen LogP contribution < -0.4 is 0 Å². The topological polar surface area (TPSA) is 52.6 Å². The number of benzene rings is 1. The first-order valence-electron chi connectivity index (χ1n) is 8.95. The Bertz CT molecular complexity index is 667. The Balaban J connectivity index is 1.98. The maximum absolute atomic E-state index is 12.8. The summed E-state index contributed by atoms with van der Waals surface area (Å²) < 4.78 is 10.9. The van der Waals surface area contributed by atoms with Crippen LogP contribution in [0.1, 0.15) is 52.0 Å². The van der Waals surface area contributed by atoms with Gasteiger partial charge in [0.2, 0.25) is 0 Å². The molecule has 0 unspecified atom stereocenters. The van der Waals surface area contributed by atoms with E-state index < -0.39 is 23.1 Å². The highest BCUT2D eigenvalue weighted by Gasteiger charge is 2.56. The van der Waals surface area contributed by atoms with Gasteiger partial charge in [-0.1, -0.05) is 56.3 Å². The van der Waals surface area contributed by atoms with Crippen molar-refractivity contribution in [1.29, 1.82) is 0 Å². The van der Waals surface area contributed by atoms with Crippen molar-refractivity contribution < 1.29 is 19.1 Å². The average Bonchev–Trinajstić information content (AvgIpc) is 2.74. The van der Waals surface area contributed by atoms with Crippen molar-refractivity contribution in [2.75, 3.05) is 0 Å². The molecule has 1 saturated heterocycles. The molecule has 0 saturated carbocycles. The van der Waals surface area contributed by atoms with Gasteiger partial charge < -0.3 is 9.47 Å². The number of hydrogen-bond donors (Lipinski definition) is 0. The molecule has 0 bridgehead atoms. The molecule has 1 aromatic rings. The fourth-order valence-electron chi connectivity index (χ4n) is 3.99. The summed E-state index contributed by atoms with van der Waals surface area (Å²) >= 11 is 0. The molecule has 0 amide bonds. The second-order valence-electron chi connectivity index (χ2n) is 7.92. The molecule has 0 radical (unpaired) electrons. The van der Waals surface area contributed by atoms with Crippen LogP contribution in [0.3, 0.4) is 0 Å². The Morgan fingerprint density at radius 2 is 1.64 bits per heavy atom. The number of esters is 2. The van der Waals surface area contributed by atoms with Crippen LogP contribution >= 0.6 is 0 Å². The van der Waals surface area contributed by atoms with Gasteiger partial charge in [-0.3, -0.25) is 9.59 Å². The van der Waals surface area contributed by atoms with E-state index in [-0.39, 0.29) is 11.8 Å². The fourth-order valence-corrected chi connectivity index (χ4v) is 3.99. The SMILES string of the molecule is CC(C)[C@@H]1CC2(C=CC[C@H]1c1ccccc1)C(=O)OC(C)(C)OC2=O. The molecule has 0 N–H and O–H groups in total. The van der Waals surface area contributed by atoms with E-state index >= 15 is 0 Å². The molecule has 4 heteroatoms. The van der Waals surface area contributed by atoms with Crippen LogP contribution in [0.5, 0.6) is 0 Å². The standard InChI is InChI=1S/C21H26O4/c1-14(2)17-13-21(18(22)24-20(3,4)25-19(21)23)12-8-11-16(17)15-9-6-5-7-10-15/h5-10,12,14,16-17H,11,13H2,1-4H3/t16-,17-/m0/s1. The zero-order valence-electron chi connectivity index (χ0n) is 15.3. The van der Waals surface area contributed by atoms with Gasteiger partial charge >= 0.3 is 11.9 Å². The Morgan fingerprint density at radius 1 is 1.04 bits per heavy atom. The van der Waals surface area contributed by atoms with Crippen LogP contribution in [0.4, 0.5) is 0 Å². The third-order valence-electron chi connectivity index (χ3n) is 5.36. The zero-order chi connectivity index (χ0) is 18.2. The number of hydrogen-bond acceptors (Lipinski definition) is 4. The Labute approximate surface area is 149 Å². The second-order valence-corrected chi connectivity index (χ2v) is 7.92. The Kier molecular flexibility index (Phi) is 4.48. The first kappa shape index (κ1) is 17.7. The van der Waals surface area contributed by atoms with Crippen molar-refractivity contribution in [1.82, 2.24) is 0 Å². The lowest BCUT2D eigenvalue weighted by atomic mass is 9.70. The van der Waals surface area contributed by atoms with Gasteiger partial charge in [-0.25, -0.2) is 0 Å². The van der Waals surface area contributed by atoms with Gasteiger partial charge in [-0.05, 0) is 36.2 Å². The predicted octanol–water partition coefficient (Wildman–Crippen LogP) is 4.21. The molecular weight excluding hydrogens is 316 g/mol. The first-order chi connectivity index (χ1) is 11.8.